The molecule has 0 radical (unpaired) electrons. The summed E-state index contributed by atoms with van der Waals surface area (Å²) < 4.78 is 27.1. The van der Waals surface area contributed by atoms with Crippen molar-refractivity contribution in [3.8, 4) is 0 Å². The van der Waals surface area contributed by atoms with Crippen molar-refractivity contribution in [3.05, 3.63) is 59.7 Å². The Morgan fingerprint density at radius 3 is 2.25 bits per heavy atom. The number of nitrogens with zero attached hydrogens (tertiary/aromatic N) is 2. The zero-order valence-electron chi connectivity index (χ0n) is 16.4. The molecule has 2 aromatic rings. The van der Waals surface area contributed by atoms with Crippen LogP contribution in [0, 0.1) is 13.8 Å². The van der Waals surface area contributed by atoms with Crippen LogP contribution in [0.3, 0.4) is 0 Å². The quantitative estimate of drug-likeness (QED) is 0.807. The third-order valence-electron chi connectivity index (χ3n) is 5.05. The van der Waals surface area contributed by atoms with E-state index in [9.17, 15) is 13.2 Å². The Labute approximate surface area is 167 Å². The third kappa shape index (κ3) is 4.91. The highest BCUT2D eigenvalue weighted by Gasteiger charge is 2.22. The second kappa shape index (κ2) is 8.75. The highest BCUT2D eigenvalue weighted by Crippen LogP contribution is 2.21. The van der Waals surface area contributed by atoms with E-state index in [2.05, 4.69) is 28.7 Å². The van der Waals surface area contributed by atoms with Gasteiger partial charge >= 0.3 is 0 Å². The number of nitrogens with one attached hydrogen (secondary N) is 1. The summed E-state index contributed by atoms with van der Waals surface area (Å²) in [5, 5.41) is 0. The zero-order chi connectivity index (χ0) is 20.1. The summed E-state index contributed by atoms with van der Waals surface area (Å²) in [6, 6.07) is 14.9. The molecule has 150 valence electrons. The predicted octanol–water partition coefficient (Wildman–Crippen LogP) is 2.32. The molecule has 1 saturated heterocycles. The number of rotatable bonds is 6. The summed E-state index contributed by atoms with van der Waals surface area (Å²) >= 11 is 0. The fourth-order valence-electron chi connectivity index (χ4n) is 3.37. The van der Waals surface area contributed by atoms with Crippen molar-refractivity contribution in [1.29, 1.82) is 0 Å². The molecule has 0 unspecified atom stereocenters. The molecule has 2 aromatic carbocycles. The van der Waals surface area contributed by atoms with Crippen molar-refractivity contribution in [2.24, 2.45) is 0 Å². The van der Waals surface area contributed by atoms with Gasteiger partial charge < -0.3 is 9.80 Å². The van der Waals surface area contributed by atoms with Crippen molar-refractivity contribution >= 4 is 21.6 Å². The molecular formula is C21H27N3O3S. The van der Waals surface area contributed by atoms with E-state index in [0.29, 0.717) is 13.1 Å². The van der Waals surface area contributed by atoms with Gasteiger partial charge in [0.25, 0.3) is 0 Å². The van der Waals surface area contributed by atoms with Gasteiger partial charge in [0.2, 0.25) is 15.9 Å². The molecule has 6 nitrogen and oxygen atoms in total. The van der Waals surface area contributed by atoms with Gasteiger partial charge in [-0.3, -0.25) is 4.79 Å². The topological polar surface area (TPSA) is 69.7 Å². The average Bonchev–Trinajstić information content (AvgIpc) is 2.68. The molecule has 0 aliphatic carbocycles. The molecule has 1 fully saturated rings. The highest BCUT2D eigenvalue weighted by molar-refractivity contribution is 7.89. The first-order valence-corrected chi connectivity index (χ1v) is 11.0. The number of carbonyl (C=O) groups excluding carboxylic acids is 1. The van der Waals surface area contributed by atoms with E-state index in [1.165, 1.54) is 11.3 Å². The molecule has 1 N–H and O–H groups in total. The minimum atomic E-state index is -3.58. The number of hydrogen-bond acceptors (Lipinski definition) is 4. The van der Waals surface area contributed by atoms with Crippen LogP contribution in [0.15, 0.2) is 53.4 Å². The van der Waals surface area contributed by atoms with Gasteiger partial charge in [-0.05, 0) is 37.6 Å². The first-order valence-electron chi connectivity index (χ1n) is 9.51. The first-order chi connectivity index (χ1) is 13.4. The number of benzene rings is 2. The Bertz CT molecular complexity index is 918. The smallest absolute Gasteiger partial charge is 0.240 e. The lowest BCUT2D eigenvalue weighted by atomic mass is 10.1. The molecule has 1 aliphatic heterocycles. The molecule has 1 heterocycles. The maximum Gasteiger partial charge on any atom is 0.240 e. The molecule has 28 heavy (non-hydrogen) atoms. The number of amides is 1. The van der Waals surface area contributed by atoms with E-state index in [0.717, 1.165) is 18.7 Å². The highest BCUT2D eigenvalue weighted by atomic mass is 32.2. The van der Waals surface area contributed by atoms with Gasteiger partial charge in [0.1, 0.15) is 0 Å². The van der Waals surface area contributed by atoms with Crippen LogP contribution in [0.4, 0.5) is 5.69 Å². The standard InChI is InChI=1S/C21H27N3O3S/c1-17-7-9-19(10-8-17)28(26,27)22-12-11-21(25)24-15-13-23(14-16-24)20-6-4-3-5-18(20)2/h3-10,22H,11-16H2,1-2H3. The zero-order valence-corrected chi connectivity index (χ0v) is 17.2. The Morgan fingerprint density at radius 1 is 0.964 bits per heavy atom. The summed E-state index contributed by atoms with van der Waals surface area (Å²) in [5.41, 5.74) is 3.44. The largest absolute Gasteiger partial charge is 0.368 e. The molecule has 7 heteroatoms. The molecular weight excluding hydrogens is 374 g/mol. The Balaban J connectivity index is 1.47. The van der Waals surface area contributed by atoms with E-state index in [1.54, 1.807) is 24.3 Å². The van der Waals surface area contributed by atoms with E-state index < -0.39 is 10.0 Å². The number of aryl methyl sites for hydroxylation is 2. The van der Waals surface area contributed by atoms with Crippen LogP contribution in [-0.4, -0.2) is 51.9 Å². The van der Waals surface area contributed by atoms with Gasteiger partial charge in [0, 0.05) is 44.8 Å². The number of hydrogen-bond donors (Lipinski definition) is 1. The van der Waals surface area contributed by atoms with Gasteiger partial charge in [-0.15, -0.1) is 0 Å². The van der Waals surface area contributed by atoms with E-state index in [-0.39, 0.29) is 23.8 Å². The van der Waals surface area contributed by atoms with E-state index in [1.807, 2.05) is 24.0 Å². The summed E-state index contributed by atoms with van der Waals surface area (Å²) in [5.74, 6) is -0.0176. The minimum Gasteiger partial charge on any atom is -0.368 e. The van der Waals surface area contributed by atoms with Crippen LogP contribution in [0.1, 0.15) is 17.5 Å². The maximum atomic E-state index is 12.4. The van der Waals surface area contributed by atoms with Crippen LogP contribution in [0.5, 0.6) is 0 Å². The normalized spacial score (nSPS) is 14.9. The van der Waals surface area contributed by atoms with Crippen LogP contribution in [0.25, 0.3) is 0 Å². The Kier molecular flexibility index (Phi) is 6.36. The Hall–Kier alpha value is -2.38. The number of piperazine rings is 1. The fraction of sp³-hybridized carbons (Fsp3) is 0.381. The van der Waals surface area contributed by atoms with Crippen LogP contribution in [-0.2, 0) is 14.8 Å². The van der Waals surface area contributed by atoms with Gasteiger partial charge in [0.05, 0.1) is 4.90 Å². The van der Waals surface area contributed by atoms with Crippen molar-refractivity contribution in [1.82, 2.24) is 9.62 Å². The van der Waals surface area contributed by atoms with Gasteiger partial charge in [-0.2, -0.15) is 0 Å². The minimum absolute atomic E-state index is 0.0176. The number of anilines is 1. The lowest BCUT2D eigenvalue weighted by molar-refractivity contribution is -0.131. The van der Waals surface area contributed by atoms with E-state index in [4.69, 9.17) is 0 Å². The van der Waals surface area contributed by atoms with Crippen molar-refractivity contribution in [3.63, 3.8) is 0 Å². The average molecular weight is 402 g/mol. The summed E-state index contributed by atoms with van der Waals surface area (Å²) in [7, 11) is -3.58. The fourth-order valence-corrected chi connectivity index (χ4v) is 4.40. The molecule has 0 spiro atoms. The number of para-hydroxylation sites is 1. The predicted molar refractivity (Wildman–Crippen MR) is 111 cm³/mol. The molecule has 1 amide bonds. The number of sulfonamides is 1. The maximum absolute atomic E-state index is 12.4. The SMILES string of the molecule is Cc1ccc(S(=O)(=O)NCCC(=O)N2CCN(c3ccccc3C)CC2)cc1. The molecule has 0 aromatic heterocycles. The summed E-state index contributed by atoms with van der Waals surface area (Å²) in [6.07, 6.45) is 0.162. The van der Waals surface area contributed by atoms with Gasteiger partial charge in [-0.25, -0.2) is 13.1 Å². The van der Waals surface area contributed by atoms with E-state index >= 15 is 0 Å². The summed E-state index contributed by atoms with van der Waals surface area (Å²) in [6.45, 7) is 6.97. The second-order valence-corrected chi connectivity index (χ2v) is 8.88. The van der Waals surface area contributed by atoms with Crippen molar-refractivity contribution in [2.45, 2.75) is 25.2 Å². The van der Waals surface area contributed by atoms with Gasteiger partial charge in [0.15, 0.2) is 0 Å². The molecule has 0 bridgehead atoms. The third-order valence-corrected chi connectivity index (χ3v) is 6.53. The van der Waals surface area contributed by atoms with Crippen LogP contribution < -0.4 is 9.62 Å². The van der Waals surface area contributed by atoms with Crippen LogP contribution >= 0.6 is 0 Å². The molecule has 0 saturated carbocycles. The Morgan fingerprint density at radius 2 is 1.61 bits per heavy atom. The molecule has 3 rings (SSSR count). The van der Waals surface area contributed by atoms with Gasteiger partial charge in [-0.1, -0.05) is 35.9 Å². The molecule has 1 aliphatic rings. The summed E-state index contributed by atoms with van der Waals surface area (Å²) in [4.78, 5) is 16.8. The van der Waals surface area contributed by atoms with Crippen molar-refractivity contribution < 1.29 is 13.2 Å². The monoisotopic (exact) mass is 401 g/mol. The first kappa shape index (κ1) is 20.4. The van der Waals surface area contributed by atoms with Crippen molar-refractivity contribution in [2.75, 3.05) is 37.6 Å². The lowest BCUT2D eigenvalue weighted by Gasteiger charge is -2.36. The number of carbonyl (C=O) groups is 1. The lowest BCUT2D eigenvalue weighted by Crippen LogP contribution is -2.49. The van der Waals surface area contributed by atoms with Crippen LogP contribution in [0.2, 0.25) is 0 Å². The second-order valence-electron chi connectivity index (χ2n) is 7.12. The molecule has 0 atom stereocenters.